The number of hydrogen-bond acceptors (Lipinski definition) is 7. The number of hydrogen-bond donors (Lipinski definition) is 0. The van der Waals surface area contributed by atoms with Crippen LogP contribution in [0.5, 0.6) is 0 Å². The maximum atomic E-state index is 14.4. The van der Waals surface area contributed by atoms with Crippen LogP contribution in [0.25, 0.3) is 16.6 Å². The molecule has 1 aliphatic heterocycles. The minimum absolute atomic E-state index is 0.0977. The van der Waals surface area contributed by atoms with Gasteiger partial charge in [0.15, 0.2) is 5.82 Å². The Morgan fingerprint density at radius 3 is 2.82 bits per heavy atom. The van der Waals surface area contributed by atoms with Crippen LogP contribution in [0.15, 0.2) is 62.2 Å². The fraction of sp³-hybridized carbons (Fsp3) is 0.136. The number of ether oxygens (including phenoxy) is 1. The summed E-state index contributed by atoms with van der Waals surface area (Å²) in [4.78, 5) is 34.5. The Kier molecular flexibility index (Phi) is 5.92. The number of esters is 1. The van der Waals surface area contributed by atoms with E-state index in [4.69, 9.17) is 16.0 Å². The van der Waals surface area contributed by atoms with Crippen LogP contribution in [0.3, 0.4) is 0 Å². The Hall–Kier alpha value is -3.33. The molecule has 11 heteroatoms. The molecule has 2 aromatic heterocycles. The first-order valence-electron chi connectivity index (χ1n) is 9.30. The van der Waals surface area contributed by atoms with Crippen LogP contribution in [-0.2, 0) is 15.5 Å². The van der Waals surface area contributed by atoms with Crippen molar-refractivity contribution in [2.45, 2.75) is 12.8 Å². The van der Waals surface area contributed by atoms with Gasteiger partial charge in [0.05, 0.1) is 33.7 Å². The van der Waals surface area contributed by atoms with E-state index in [9.17, 15) is 18.4 Å². The Balaban J connectivity index is 1.89. The van der Waals surface area contributed by atoms with Crippen molar-refractivity contribution in [2.75, 3.05) is 12.0 Å². The van der Waals surface area contributed by atoms with Crippen molar-refractivity contribution in [1.29, 1.82) is 0 Å². The van der Waals surface area contributed by atoms with Crippen LogP contribution in [0, 0.1) is 6.92 Å². The van der Waals surface area contributed by atoms with Crippen LogP contribution in [-0.4, -0.2) is 23.0 Å². The molecule has 0 amide bonds. The molecule has 3 heterocycles. The van der Waals surface area contributed by atoms with E-state index in [0.29, 0.717) is 21.0 Å². The Morgan fingerprint density at radius 2 is 2.12 bits per heavy atom. The number of carbonyl (C=O) groups is 1. The topological polar surface area (TPSA) is 85.5 Å². The molecule has 0 saturated carbocycles. The highest BCUT2D eigenvalue weighted by atomic mass is 79.9. The van der Waals surface area contributed by atoms with Crippen LogP contribution in [0.1, 0.15) is 17.0 Å². The molecule has 4 rings (SSSR count). The highest BCUT2D eigenvalue weighted by Crippen LogP contribution is 2.35. The van der Waals surface area contributed by atoms with Gasteiger partial charge in [-0.15, -0.1) is 0 Å². The van der Waals surface area contributed by atoms with Crippen molar-refractivity contribution in [2.24, 2.45) is 0 Å². The van der Waals surface area contributed by atoms with Gasteiger partial charge in [-0.3, -0.25) is 4.90 Å². The number of anilines is 1. The molecule has 0 aliphatic carbocycles. The van der Waals surface area contributed by atoms with E-state index in [1.807, 2.05) is 0 Å². The van der Waals surface area contributed by atoms with Crippen molar-refractivity contribution in [1.82, 2.24) is 9.97 Å². The second-order valence-corrected chi connectivity index (χ2v) is 8.15. The van der Waals surface area contributed by atoms with Crippen LogP contribution >= 0.6 is 27.5 Å². The van der Waals surface area contributed by atoms with E-state index >= 15 is 0 Å². The van der Waals surface area contributed by atoms with E-state index in [2.05, 4.69) is 36.4 Å². The normalized spacial score (nSPS) is 13.7. The first-order chi connectivity index (χ1) is 15.6. The summed E-state index contributed by atoms with van der Waals surface area (Å²) in [6.07, 6.45) is 4.67. The van der Waals surface area contributed by atoms with Gasteiger partial charge in [0, 0.05) is 11.8 Å². The molecule has 0 N–H and O–H groups in total. The van der Waals surface area contributed by atoms with E-state index in [0.717, 1.165) is 19.2 Å². The molecule has 7 nitrogen and oxygen atoms in total. The first-order valence-corrected chi connectivity index (χ1v) is 10.5. The summed E-state index contributed by atoms with van der Waals surface area (Å²) in [6.45, 7) is 1.49. The number of pyridine rings is 1. The molecule has 1 aromatic carbocycles. The molecule has 0 atom stereocenters. The summed E-state index contributed by atoms with van der Waals surface area (Å²) < 4.78 is 38.9. The Labute approximate surface area is 198 Å². The zero-order valence-corrected chi connectivity index (χ0v) is 19.4. The number of fused-ring (bicyclic) bond motifs is 1. The van der Waals surface area contributed by atoms with E-state index in [1.54, 1.807) is 18.2 Å². The van der Waals surface area contributed by atoms with Gasteiger partial charge in [0.2, 0.25) is 5.89 Å². The summed E-state index contributed by atoms with van der Waals surface area (Å²) in [5, 5.41) is 0.120. The number of allylic oxidation sites excluding steroid dienone is 2. The zero-order chi connectivity index (χ0) is 23.9. The number of alkyl halides is 2. The number of halogens is 4. The van der Waals surface area contributed by atoms with Gasteiger partial charge in [-0.25, -0.2) is 19.6 Å². The van der Waals surface area contributed by atoms with Crippen molar-refractivity contribution in [3.05, 3.63) is 85.4 Å². The molecule has 0 saturated heterocycles. The summed E-state index contributed by atoms with van der Waals surface area (Å²) in [7, 11) is 0.852. The third kappa shape index (κ3) is 4.08. The molecule has 0 fully saturated rings. The van der Waals surface area contributed by atoms with Crippen molar-refractivity contribution in [3.63, 3.8) is 0 Å². The summed E-state index contributed by atoms with van der Waals surface area (Å²) >= 11 is 9.60. The number of nitrogens with zero attached hydrogens (tertiary/aromatic N) is 3. The lowest BCUT2D eigenvalue weighted by Gasteiger charge is -2.23. The lowest BCUT2D eigenvalue weighted by Crippen LogP contribution is -2.27. The monoisotopic (exact) mass is 535 g/mol. The molecular formula is C22H13BrClF2N3O4. The van der Waals surface area contributed by atoms with Gasteiger partial charge in [0.25, 0.3) is 0 Å². The fourth-order valence-corrected chi connectivity index (χ4v) is 3.74. The molecule has 0 unspecified atom stereocenters. The minimum atomic E-state index is -3.95. The number of aromatic nitrogens is 2. The number of carbonyl (C=O) groups excluding carboxylic acids is 1. The van der Waals surface area contributed by atoms with Crippen LogP contribution in [0.4, 0.5) is 14.6 Å². The van der Waals surface area contributed by atoms with Gasteiger partial charge < -0.3 is 9.15 Å². The summed E-state index contributed by atoms with van der Waals surface area (Å²) in [5.74, 6) is -5.45. The molecule has 3 aromatic rings. The molecule has 1 aliphatic rings. The largest absolute Gasteiger partial charge is 0.464 e. The standard InChI is InChI=1S/C22H13BrClF2N3O4/c1-11-8-12(22(25,26)21(31)32-2)9-14-17(11)28-19(33-20(14)30)16-10-13(23)5-7-29(16)18-15(24)4-3-6-27-18/h3-4,6-10H,1-2H3. The second kappa shape index (κ2) is 8.55. The minimum Gasteiger partial charge on any atom is -0.464 e. The highest BCUT2D eigenvalue weighted by molar-refractivity contribution is 9.11. The molecule has 168 valence electrons. The maximum absolute atomic E-state index is 14.4. The Morgan fingerprint density at radius 1 is 1.36 bits per heavy atom. The lowest BCUT2D eigenvalue weighted by molar-refractivity contribution is -0.170. The highest BCUT2D eigenvalue weighted by Gasteiger charge is 2.43. The van der Waals surface area contributed by atoms with Gasteiger partial charge in [-0.1, -0.05) is 17.3 Å². The van der Waals surface area contributed by atoms with Gasteiger partial charge >= 0.3 is 17.5 Å². The molecule has 33 heavy (non-hydrogen) atoms. The van der Waals surface area contributed by atoms with Crippen molar-refractivity contribution >= 4 is 55.9 Å². The van der Waals surface area contributed by atoms with E-state index in [-0.39, 0.29) is 22.4 Å². The number of aryl methyl sites for hydroxylation is 1. The van der Waals surface area contributed by atoms with Gasteiger partial charge in [0.1, 0.15) is 5.70 Å². The zero-order valence-electron chi connectivity index (χ0n) is 17.0. The average Bonchev–Trinajstić information content (AvgIpc) is 2.79. The molecule has 0 spiro atoms. The van der Waals surface area contributed by atoms with E-state index < -0.39 is 23.1 Å². The summed E-state index contributed by atoms with van der Waals surface area (Å²) in [6, 6.07) is 5.25. The maximum Gasteiger partial charge on any atom is 0.381 e. The lowest BCUT2D eigenvalue weighted by atomic mass is 10.0. The number of methoxy groups -OCH3 is 1. The SMILES string of the molecule is COC(=O)C(F)(F)c1cc(C)c2nc(C3=CC(Br)=C=CN3c3ncccc3Cl)oc(=O)c2c1. The molecule has 0 radical (unpaired) electrons. The third-order valence-electron chi connectivity index (χ3n) is 4.77. The summed E-state index contributed by atoms with van der Waals surface area (Å²) in [5.41, 5.74) is 2.01. The quantitative estimate of drug-likeness (QED) is 0.340. The molecular weight excluding hydrogens is 524 g/mol. The smallest absolute Gasteiger partial charge is 0.381 e. The Bertz CT molecular complexity index is 1460. The van der Waals surface area contributed by atoms with Crippen molar-refractivity contribution < 1.29 is 22.7 Å². The third-order valence-corrected chi connectivity index (χ3v) is 5.52. The van der Waals surface area contributed by atoms with Crippen molar-refractivity contribution in [3.8, 4) is 0 Å². The van der Waals surface area contributed by atoms with Crippen LogP contribution < -0.4 is 10.5 Å². The number of benzene rings is 1. The predicted molar refractivity (Wildman–Crippen MR) is 121 cm³/mol. The van der Waals surface area contributed by atoms with E-state index in [1.165, 1.54) is 24.2 Å². The van der Waals surface area contributed by atoms with Crippen LogP contribution in [0.2, 0.25) is 5.02 Å². The van der Waals surface area contributed by atoms with Gasteiger partial charge in [-0.2, -0.15) is 8.78 Å². The fourth-order valence-electron chi connectivity index (χ4n) is 3.21. The number of rotatable bonds is 4. The predicted octanol–water partition coefficient (Wildman–Crippen LogP) is 5.06. The van der Waals surface area contributed by atoms with Gasteiger partial charge in [-0.05, 0) is 58.8 Å². The first kappa shape index (κ1) is 22.8. The molecule has 0 bridgehead atoms. The second-order valence-electron chi connectivity index (χ2n) is 6.89. The average molecular weight is 537 g/mol.